The summed E-state index contributed by atoms with van der Waals surface area (Å²) in [7, 11) is 1.68. The van der Waals surface area contributed by atoms with Crippen LogP contribution in [0.5, 0.6) is 0 Å². The van der Waals surface area contributed by atoms with Gasteiger partial charge in [0, 0.05) is 23.1 Å². The van der Waals surface area contributed by atoms with Gasteiger partial charge in [0.1, 0.15) is 5.69 Å². The minimum absolute atomic E-state index is 0.229. The molecule has 90 valence electrons. The summed E-state index contributed by atoms with van der Waals surface area (Å²) in [5, 5.41) is 4.21. The Hall–Kier alpha value is -1.42. The maximum absolute atomic E-state index is 12.7. The molecule has 0 unspecified atom stereocenters. The number of benzene rings is 1. The molecular weight excluding hydrogens is 246 g/mol. The number of nitrogens with one attached hydrogen (secondary N) is 1. The summed E-state index contributed by atoms with van der Waals surface area (Å²) >= 11 is 5.95. The molecule has 2 nitrogen and oxygen atoms in total. The summed E-state index contributed by atoms with van der Waals surface area (Å²) in [6.07, 6.45) is -2.58. The summed E-state index contributed by atoms with van der Waals surface area (Å²) in [5.41, 5.74) is 1.71. The molecule has 0 atom stereocenters. The molecule has 1 heterocycles. The number of hydrogen-bond acceptors (Lipinski definition) is 2. The van der Waals surface area contributed by atoms with E-state index in [-0.39, 0.29) is 5.69 Å². The second-order valence-corrected chi connectivity index (χ2v) is 4.20. The van der Waals surface area contributed by atoms with Gasteiger partial charge in [0.05, 0.1) is 5.52 Å². The summed E-state index contributed by atoms with van der Waals surface area (Å²) in [5.74, 6) is 0. The molecule has 1 aromatic heterocycles. The summed E-state index contributed by atoms with van der Waals surface area (Å²) in [4.78, 5) is 3.98. The summed E-state index contributed by atoms with van der Waals surface area (Å²) in [6, 6.07) is 4.78. The highest BCUT2D eigenvalue weighted by atomic mass is 35.5. The van der Waals surface area contributed by atoms with E-state index in [0.717, 1.165) is 10.9 Å². The van der Waals surface area contributed by atoms with E-state index in [1.54, 1.807) is 26.1 Å². The molecule has 17 heavy (non-hydrogen) atoms. The molecule has 0 saturated heterocycles. The van der Waals surface area contributed by atoms with Gasteiger partial charge in [0.25, 0.3) is 6.43 Å². The Morgan fingerprint density at radius 2 is 2.00 bits per heavy atom. The van der Waals surface area contributed by atoms with E-state index in [1.165, 1.54) is 6.07 Å². The van der Waals surface area contributed by atoms with Crippen LogP contribution in [-0.2, 0) is 0 Å². The standard InChI is InChI=1S/C12H11ClF2N2/c1-6-3-7(13)4-8-9(16-2)5-10(12(14)15)17-11(6)8/h3-5,12H,1-2H3,(H,16,17). The quantitative estimate of drug-likeness (QED) is 0.872. The molecule has 0 amide bonds. The monoisotopic (exact) mass is 256 g/mol. The number of anilines is 1. The third kappa shape index (κ3) is 2.17. The third-order valence-electron chi connectivity index (χ3n) is 2.58. The van der Waals surface area contributed by atoms with E-state index in [2.05, 4.69) is 10.3 Å². The predicted octanol–water partition coefficient (Wildman–Crippen LogP) is 4.18. The largest absolute Gasteiger partial charge is 0.388 e. The molecule has 2 aromatic rings. The average Bonchev–Trinajstić information content (AvgIpc) is 2.27. The van der Waals surface area contributed by atoms with Crippen LogP contribution in [0.4, 0.5) is 14.5 Å². The SMILES string of the molecule is CNc1cc(C(F)F)nc2c(C)cc(Cl)cc12. The Morgan fingerprint density at radius 1 is 1.29 bits per heavy atom. The Bertz CT molecular complexity index is 570. The van der Waals surface area contributed by atoms with E-state index in [0.29, 0.717) is 16.2 Å². The molecule has 0 radical (unpaired) electrons. The first-order valence-corrected chi connectivity index (χ1v) is 5.47. The lowest BCUT2D eigenvalue weighted by molar-refractivity contribution is 0.146. The molecule has 0 saturated carbocycles. The van der Waals surface area contributed by atoms with Crippen LogP contribution in [0, 0.1) is 6.92 Å². The van der Waals surface area contributed by atoms with Crippen molar-refractivity contribution in [3.63, 3.8) is 0 Å². The van der Waals surface area contributed by atoms with E-state index in [1.807, 2.05) is 0 Å². The molecule has 2 rings (SSSR count). The first-order valence-electron chi connectivity index (χ1n) is 5.09. The summed E-state index contributed by atoms with van der Waals surface area (Å²) in [6.45, 7) is 1.80. The lowest BCUT2D eigenvalue weighted by Gasteiger charge is -2.11. The Morgan fingerprint density at radius 3 is 2.59 bits per heavy atom. The van der Waals surface area contributed by atoms with E-state index in [9.17, 15) is 8.78 Å². The molecule has 5 heteroatoms. The highest BCUT2D eigenvalue weighted by Crippen LogP contribution is 2.31. The smallest absolute Gasteiger partial charge is 0.280 e. The van der Waals surface area contributed by atoms with Gasteiger partial charge in [0.15, 0.2) is 0 Å². The lowest BCUT2D eigenvalue weighted by Crippen LogP contribution is -1.98. The van der Waals surface area contributed by atoms with Gasteiger partial charge in [-0.2, -0.15) is 0 Å². The van der Waals surface area contributed by atoms with Crippen LogP contribution in [0.15, 0.2) is 18.2 Å². The second-order valence-electron chi connectivity index (χ2n) is 3.76. The number of rotatable bonds is 2. The first kappa shape index (κ1) is 12.0. The fourth-order valence-corrected chi connectivity index (χ4v) is 2.07. The van der Waals surface area contributed by atoms with Crippen molar-refractivity contribution in [1.82, 2.24) is 4.98 Å². The zero-order valence-corrected chi connectivity index (χ0v) is 10.1. The van der Waals surface area contributed by atoms with E-state index in [4.69, 9.17) is 11.6 Å². The van der Waals surface area contributed by atoms with Gasteiger partial charge in [-0.05, 0) is 30.7 Å². The first-order chi connectivity index (χ1) is 8.02. The molecule has 0 aliphatic heterocycles. The molecule has 1 aromatic carbocycles. The maximum atomic E-state index is 12.7. The highest BCUT2D eigenvalue weighted by Gasteiger charge is 2.14. The van der Waals surface area contributed by atoms with Crippen LogP contribution in [-0.4, -0.2) is 12.0 Å². The third-order valence-corrected chi connectivity index (χ3v) is 2.80. The van der Waals surface area contributed by atoms with Gasteiger partial charge in [-0.15, -0.1) is 0 Å². The van der Waals surface area contributed by atoms with Gasteiger partial charge >= 0.3 is 0 Å². The van der Waals surface area contributed by atoms with Crippen LogP contribution >= 0.6 is 11.6 Å². The zero-order chi connectivity index (χ0) is 12.6. The number of alkyl halides is 2. The number of fused-ring (bicyclic) bond motifs is 1. The van der Waals surface area contributed by atoms with Gasteiger partial charge in [-0.1, -0.05) is 11.6 Å². The van der Waals surface area contributed by atoms with Crippen molar-refractivity contribution in [2.75, 3.05) is 12.4 Å². The topological polar surface area (TPSA) is 24.9 Å². The number of aromatic nitrogens is 1. The molecule has 0 bridgehead atoms. The van der Waals surface area contributed by atoms with Crippen LogP contribution < -0.4 is 5.32 Å². The normalized spacial score (nSPS) is 11.2. The number of nitrogens with zero attached hydrogens (tertiary/aromatic N) is 1. The number of halogens is 3. The van der Waals surface area contributed by atoms with Gasteiger partial charge in [0.2, 0.25) is 0 Å². The molecular formula is C12H11ClF2N2. The van der Waals surface area contributed by atoms with Crippen LogP contribution in [0.1, 0.15) is 17.7 Å². The highest BCUT2D eigenvalue weighted by molar-refractivity contribution is 6.31. The van der Waals surface area contributed by atoms with Crippen LogP contribution in [0.2, 0.25) is 5.02 Å². The lowest BCUT2D eigenvalue weighted by atomic mass is 10.1. The molecule has 0 spiro atoms. The summed E-state index contributed by atoms with van der Waals surface area (Å²) < 4.78 is 25.4. The van der Waals surface area contributed by atoms with E-state index < -0.39 is 6.43 Å². The Labute approximate surface area is 103 Å². The predicted molar refractivity (Wildman–Crippen MR) is 66.0 cm³/mol. The van der Waals surface area contributed by atoms with Crippen LogP contribution in [0.25, 0.3) is 10.9 Å². The molecule has 1 N–H and O–H groups in total. The molecule has 0 fully saturated rings. The second kappa shape index (κ2) is 4.45. The van der Waals surface area contributed by atoms with Crippen molar-refractivity contribution < 1.29 is 8.78 Å². The average molecular weight is 257 g/mol. The van der Waals surface area contributed by atoms with E-state index >= 15 is 0 Å². The van der Waals surface area contributed by atoms with Crippen molar-refractivity contribution in [3.8, 4) is 0 Å². The minimum Gasteiger partial charge on any atom is -0.388 e. The number of pyridine rings is 1. The van der Waals surface area contributed by atoms with Crippen molar-refractivity contribution >= 4 is 28.2 Å². The van der Waals surface area contributed by atoms with Crippen molar-refractivity contribution in [2.45, 2.75) is 13.3 Å². The van der Waals surface area contributed by atoms with Gasteiger partial charge in [-0.25, -0.2) is 13.8 Å². The van der Waals surface area contributed by atoms with Crippen molar-refractivity contribution in [2.24, 2.45) is 0 Å². The maximum Gasteiger partial charge on any atom is 0.280 e. The molecule has 0 aliphatic carbocycles. The Kier molecular flexibility index (Phi) is 3.15. The fourth-order valence-electron chi connectivity index (χ4n) is 1.79. The number of hydrogen-bond donors (Lipinski definition) is 1. The van der Waals surface area contributed by atoms with Gasteiger partial charge < -0.3 is 5.32 Å². The number of aryl methyl sites for hydroxylation is 1. The Balaban J connectivity index is 2.82. The van der Waals surface area contributed by atoms with Crippen LogP contribution in [0.3, 0.4) is 0 Å². The van der Waals surface area contributed by atoms with Gasteiger partial charge in [-0.3, -0.25) is 0 Å². The fraction of sp³-hybridized carbons (Fsp3) is 0.250. The minimum atomic E-state index is -2.58. The van der Waals surface area contributed by atoms with Crippen molar-refractivity contribution in [3.05, 3.63) is 34.5 Å². The molecule has 0 aliphatic rings. The van der Waals surface area contributed by atoms with Crippen molar-refractivity contribution in [1.29, 1.82) is 0 Å². The zero-order valence-electron chi connectivity index (χ0n) is 9.39.